The van der Waals surface area contributed by atoms with E-state index in [9.17, 15) is 5.11 Å². The number of ether oxygens (including phenoxy) is 1. The quantitative estimate of drug-likeness (QED) is 0.887. The lowest BCUT2D eigenvalue weighted by molar-refractivity contribution is 0.198. The molecule has 0 fully saturated rings. The SMILES string of the molecule is Cc1ccccc1COc1cccc(C(C)O)c1. The molecule has 0 bridgehead atoms. The molecule has 0 aliphatic heterocycles. The first-order valence-electron chi connectivity index (χ1n) is 6.12. The molecule has 2 heteroatoms. The molecule has 0 saturated carbocycles. The van der Waals surface area contributed by atoms with Crippen molar-refractivity contribution in [1.82, 2.24) is 0 Å². The Morgan fingerprint density at radius 1 is 1.11 bits per heavy atom. The third kappa shape index (κ3) is 3.11. The Labute approximate surface area is 108 Å². The van der Waals surface area contributed by atoms with Gasteiger partial charge in [0.05, 0.1) is 6.10 Å². The van der Waals surface area contributed by atoms with Crippen LogP contribution in [0.4, 0.5) is 0 Å². The second-order valence-corrected chi connectivity index (χ2v) is 4.46. The summed E-state index contributed by atoms with van der Waals surface area (Å²) in [4.78, 5) is 0. The van der Waals surface area contributed by atoms with Gasteiger partial charge in [0.1, 0.15) is 12.4 Å². The molecular weight excluding hydrogens is 224 g/mol. The number of aryl methyl sites for hydroxylation is 1. The summed E-state index contributed by atoms with van der Waals surface area (Å²) in [6.45, 7) is 4.38. The molecular formula is C16H18O2. The van der Waals surface area contributed by atoms with Gasteiger partial charge in [-0.3, -0.25) is 0 Å². The Hall–Kier alpha value is -1.80. The molecule has 2 aromatic rings. The van der Waals surface area contributed by atoms with Gasteiger partial charge >= 0.3 is 0 Å². The summed E-state index contributed by atoms with van der Waals surface area (Å²) in [5.74, 6) is 0.789. The van der Waals surface area contributed by atoms with E-state index in [1.54, 1.807) is 6.92 Å². The standard InChI is InChI=1S/C16H18O2/c1-12-6-3-4-7-15(12)11-18-16-9-5-8-14(10-16)13(2)17/h3-10,13,17H,11H2,1-2H3. The maximum Gasteiger partial charge on any atom is 0.120 e. The van der Waals surface area contributed by atoms with Crippen molar-refractivity contribution in [3.8, 4) is 5.75 Å². The summed E-state index contributed by atoms with van der Waals surface area (Å²) in [6, 6.07) is 15.7. The second kappa shape index (κ2) is 5.69. The molecule has 0 aliphatic carbocycles. The number of aliphatic hydroxyl groups excluding tert-OH is 1. The first-order chi connectivity index (χ1) is 8.66. The average Bonchev–Trinajstić information content (AvgIpc) is 2.38. The van der Waals surface area contributed by atoms with E-state index in [0.717, 1.165) is 11.3 Å². The Morgan fingerprint density at radius 3 is 2.61 bits per heavy atom. The molecule has 0 amide bonds. The van der Waals surface area contributed by atoms with Crippen LogP contribution in [-0.4, -0.2) is 5.11 Å². The van der Waals surface area contributed by atoms with Crippen molar-refractivity contribution >= 4 is 0 Å². The van der Waals surface area contributed by atoms with Gasteiger partial charge in [-0.25, -0.2) is 0 Å². The van der Waals surface area contributed by atoms with Crippen molar-refractivity contribution in [3.05, 3.63) is 65.2 Å². The fourth-order valence-corrected chi connectivity index (χ4v) is 1.80. The summed E-state index contributed by atoms with van der Waals surface area (Å²) in [6.07, 6.45) is -0.466. The van der Waals surface area contributed by atoms with Crippen LogP contribution in [-0.2, 0) is 6.61 Å². The maximum absolute atomic E-state index is 9.52. The van der Waals surface area contributed by atoms with E-state index in [1.807, 2.05) is 36.4 Å². The Balaban J connectivity index is 2.07. The van der Waals surface area contributed by atoms with E-state index < -0.39 is 6.10 Å². The minimum Gasteiger partial charge on any atom is -0.489 e. The minimum absolute atomic E-state index is 0.466. The van der Waals surface area contributed by atoms with E-state index in [2.05, 4.69) is 19.1 Å². The van der Waals surface area contributed by atoms with Crippen LogP contribution in [0.1, 0.15) is 29.7 Å². The van der Waals surface area contributed by atoms with Crippen molar-refractivity contribution in [2.75, 3.05) is 0 Å². The van der Waals surface area contributed by atoms with Crippen molar-refractivity contribution in [1.29, 1.82) is 0 Å². The van der Waals surface area contributed by atoms with Gasteiger partial charge in [-0.15, -0.1) is 0 Å². The van der Waals surface area contributed by atoms with E-state index in [4.69, 9.17) is 4.74 Å². The predicted molar refractivity (Wildman–Crippen MR) is 72.6 cm³/mol. The van der Waals surface area contributed by atoms with E-state index in [0.29, 0.717) is 6.61 Å². The summed E-state index contributed by atoms with van der Waals surface area (Å²) in [7, 11) is 0. The number of benzene rings is 2. The molecule has 0 spiro atoms. The molecule has 18 heavy (non-hydrogen) atoms. The van der Waals surface area contributed by atoms with Gasteiger partial charge < -0.3 is 9.84 Å². The molecule has 94 valence electrons. The Bertz CT molecular complexity index is 518. The largest absolute Gasteiger partial charge is 0.489 e. The lowest BCUT2D eigenvalue weighted by Gasteiger charge is -2.10. The first kappa shape index (κ1) is 12.7. The molecule has 0 aromatic heterocycles. The average molecular weight is 242 g/mol. The van der Waals surface area contributed by atoms with Gasteiger partial charge in [0.15, 0.2) is 0 Å². The van der Waals surface area contributed by atoms with Gasteiger partial charge in [-0.05, 0) is 42.7 Å². The second-order valence-electron chi connectivity index (χ2n) is 4.46. The zero-order valence-corrected chi connectivity index (χ0v) is 10.8. The normalized spacial score (nSPS) is 12.2. The number of rotatable bonds is 4. The predicted octanol–water partition coefficient (Wildman–Crippen LogP) is 3.63. The van der Waals surface area contributed by atoms with Crippen molar-refractivity contribution in [2.24, 2.45) is 0 Å². The van der Waals surface area contributed by atoms with E-state index in [-0.39, 0.29) is 0 Å². The summed E-state index contributed by atoms with van der Waals surface area (Å²) >= 11 is 0. The summed E-state index contributed by atoms with van der Waals surface area (Å²) in [5.41, 5.74) is 3.28. The van der Waals surface area contributed by atoms with Crippen LogP contribution < -0.4 is 4.74 Å². The van der Waals surface area contributed by atoms with Crippen molar-refractivity contribution in [3.63, 3.8) is 0 Å². The van der Waals surface area contributed by atoms with Gasteiger partial charge in [0.25, 0.3) is 0 Å². The van der Waals surface area contributed by atoms with Crippen LogP contribution >= 0.6 is 0 Å². The molecule has 1 N–H and O–H groups in total. The fraction of sp³-hybridized carbons (Fsp3) is 0.250. The van der Waals surface area contributed by atoms with Crippen LogP contribution in [0.2, 0.25) is 0 Å². The number of hydrogen-bond acceptors (Lipinski definition) is 2. The monoisotopic (exact) mass is 242 g/mol. The molecule has 2 aromatic carbocycles. The molecule has 0 radical (unpaired) electrons. The molecule has 0 aliphatic rings. The summed E-state index contributed by atoms with van der Waals surface area (Å²) < 4.78 is 5.75. The van der Waals surface area contributed by atoms with Crippen LogP contribution in [0.5, 0.6) is 5.75 Å². The Kier molecular flexibility index (Phi) is 4.00. The highest BCUT2D eigenvalue weighted by Crippen LogP contribution is 2.20. The number of aliphatic hydroxyl groups is 1. The maximum atomic E-state index is 9.52. The highest BCUT2D eigenvalue weighted by atomic mass is 16.5. The summed E-state index contributed by atoms with van der Waals surface area (Å²) in [5, 5.41) is 9.52. The zero-order valence-electron chi connectivity index (χ0n) is 10.8. The number of hydrogen-bond donors (Lipinski definition) is 1. The van der Waals surface area contributed by atoms with Crippen molar-refractivity contribution < 1.29 is 9.84 Å². The first-order valence-corrected chi connectivity index (χ1v) is 6.12. The smallest absolute Gasteiger partial charge is 0.120 e. The molecule has 1 atom stereocenters. The molecule has 0 heterocycles. The molecule has 1 unspecified atom stereocenters. The lowest BCUT2D eigenvalue weighted by Crippen LogP contribution is -1.98. The van der Waals surface area contributed by atoms with Crippen LogP contribution in [0.15, 0.2) is 48.5 Å². The van der Waals surface area contributed by atoms with E-state index in [1.165, 1.54) is 11.1 Å². The van der Waals surface area contributed by atoms with Crippen LogP contribution in [0.25, 0.3) is 0 Å². The Morgan fingerprint density at radius 2 is 1.89 bits per heavy atom. The van der Waals surface area contributed by atoms with Gasteiger partial charge in [0, 0.05) is 0 Å². The van der Waals surface area contributed by atoms with Crippen molar-refractivity contribution in [2.45, 2.75) is 26.6 Å². The fourth-order valence-electron chi connectivity index (χ4n) is 1.80. The highest BCUT2D eigenvalue weighted by Gasteiger charge is 2.03. The third-order valence-electron chi connectivity index (χ3n) is 3.00. The van der Waals surface area contributed by atoms with Crippen LogP contribution in [0.3, 0.4) is 0 Å². The topological polar surface area (TPSA) is 29.5 Å². The molecule has 2 nitrogen and oxygen atoms in total. The highest BCUT2D eigenvalue weighted by molar-refractivity contribution is 5.31. The minimum atomic E-state index is -0.466. The molecule has 0 saturated heterocycles. The van der Waals surface area contributed by atoms with Gasteiger partial charge in [-0.2, -0.15) is 0 Å². The van der Waals surface area contributed by atoms with Gasteiger partial charge in [0.2, 0.25) is 0 Å². The van der Waals surface area contributed by atoms with Gasteiger partial charge in [-0.1, -0.05) is 36.4 Å². The van der Waals surface area contributed by atoms with E-state index >= 15 is 0 Å². The lowest BCUT2D eigenvalue weighted by atomic mass is 10.1. The van der Waals surface area contributed by atoms with Crippen LogP contribution in [0, 0.1) is 6.92 Å². The molecule has 2 rings (SSSR count). The third-order valence-corrected chi connectivity index (χ3v) is 3.00. The zero-order chi connectivity index (χ0) is 13.0.